The number of carbonyl (C=O) groups excluding carboxylic acids is 1. The lowest BCUT2D eigenvalue weighted by Crippen LogP contribution is -2.70. The number of esters is 1. The molecule has 0 bridgehead atoms. The molecule has 0 amide bonds. The van der Waals surface area contributed by atoms with Crippen LogP contribution >= 0.6 is 15.2 Å². The highest BCUT2D eigenvalue weighted by Crippen LogP contribution is 2.73. The quantitative estimate of drug-likeness (QED) is 0.183. The number of rotatable bonds is 9. The fourth-order valence-electron chi connectivity index (χ4n) is 5.54. The van der Waals surface area contributed by atoms with Crippen molar-refractivity contribution in [3.05, 3.63) is 29.8 Å². The zero-order chi connectivity index (χ0) is 28.3. The van der Waals surface area contributed by atoms with Crippen LogP contribution in [-0.2, 0) is 23.5 Å². The lowest BCUT2D eigenvalue weighted by Gasteiger charge is -2.54. The van der Waals surface area contributed by atoms with Crippen LogP contribution < -0.4 is 5.19 Å². The normalized spacial score (nSPS) is 15.2. The maximum absolute atomic E-state index is 14.1. The standard InChI is InChI=1S/C21H44O8P2Si4/c1-32(2,3)18-16-14-13-15-17(18)20(33(4,5)6,34(7,8)9)29-19(22)21(30(23,24)25,31(26,27)28)35(10,11)12/h13-16H,1-12H3,(H2,23,24,25)(H2,26,27,28). The molecule has 0 aliphatic carbocycles. The predicted octanol–water partition coefficient (Wildman–Crippen LogP) is 4.65. The summed E-state index contributed by atoms with van der Waals surface area (Å²) in [5.74, 6) is -1.48. The van der Waals surface area contributed by atoms with E-state index in [4.69, 9.17) is 4.74 Å². The summed E-state index contributed by atoms with van der Waals surface area (Å²) >= 11 is 0. The molecular weight excluding hydrogens is 555 g/mol. The first-order valence-corrected chi connectivity index (χ1v) is 28.8. The maximum Gasteiger partial charge on any atom is 0.352 e. The van der Waals surface area contributed by atoms with E-state index in [1.807, 2.05) is 63.5 Å². The van der Waals surface area contributed by atoms with Gasteiger partial charge < -0.3 is 24.3 Å². The van der Waals surface area contributed by atoms with Gasteiger partial charge in [-0.2, -0.15) is 0 Å². The molecule has 0 spiro atoms. The molecule has 202 valence electrons. The van der Waals surface area contributed by atoms with Crippen LogP contribution in [0.15, 0.2) is 24.3 Å². The van der Waals surface area contributed by atoms with E-state index >= 15 is 0 Å². The van der Waals surface area contributed by atoms with Gasteiger partial charge in [0.1, 0.15) is 4.85 Å². The van der Waals surface area contributed by atoms with Crippen molar-refractivity contribution in [1.29, 1.82) is 0 Å². The fraction of sp³-hybridized carbons (Fsp3) is 0.667. The fourth-order valence-corrected chi connectivity index (χ4v) is 28.9. The minimum absolute atomic E-state index is 0.812. The van der Waals surface area contributed by atoms with Gasteiger partial charge in [-0.25, -0.2) is 0 Å². The summed E-state index contributed by atoms with van der Waals surface area (Å²) in [6.45, 7) is 22.9. The first-order valence-electron chi connectivity index (χ1n) is 11.6. The van der Waals surface area contributed by atoms with Crippen molar-refractivity contribution in [2.75, 3.05) is 0 Å². The van der Waals surface area contributed by atoms with Crippen molar-refractivity contribution in [2.45, 2.75) is 87.9 Å². The average molecular weight is 599 g/mol. The van der Waals surface area contributed by atoms with Gasteiger partial charge in [0.05, 0.1) is 32.3 Å². The van der Waals surface area contributed by atoms with Crippen molar-refractivity contribution in [3.8, 4) is 0 Å². The second-order valence-electron chi connectivity index (χ2n) is 13.4. The molecule has 0 aliphatic heterocycles. The molecule has 1 rings (SSSR count). The van der Waals surface area contributed by atoms with Gasteiger partial charge in [0, 0.05) is 0 Å². The second kappa shape index (κ2) is 9.55. The van der Waals surface area contributed by atoms with E-state index in [1.54, 1.807) is 0 Å². The van der Waals surface area contributed by atoms with Crippen molar-refractivity contribution >= 4 is 58.6 Å². The third kappa shape index (κ3) is 5.53. The zero-order valence-electron chi connectivity index (χ0n) is 23.1. The van der Waals surface area contributed by atoms with Gasteiger partial charge in [-0.1, -0.05) is 108 Å². The Kier molecular flexibility index (Phi) is 8.98. The Morgan fingerprint density at radius 2 is 1.09 bits per heavy atom. The molecule has 1 aromatic carbocycles. The van der Waals surface area contributed by atoms with Crippen LogP contribution in [0.25, 0.3) is 0 Å². The molecule has 14 heteroatoms. The molecule has 0 saturated carbocycles. The highest BCUT2D eigenvalue weighted by molar-refractivity contribution is 7.79. The Morgan fingerprint density at radius 3 is 1.37 bits per heavy atom. The van der Waals surface area contributed by atoms with Crippen LogP contribution in [0.2, 0.25) is 78.6 Å². The Morgan fingerprint density at radius 1 is 0.714 bits per heavy atom. The Hall–Kier alpha value is -0.142. The van der Waals surface area contributed by atoms with E-state index in [0.717, 1.165) is 10.8 Å². The molecule has 0 aliphatic rings. The molecule has 8 nitrogen and oxygen atoms in total. The molecule has 1 aromatic rings. The summed E-state index contributed by atoms with van der Waals surface area (Å²) < 4.78 is 29.0. The molecule has 4 N–H and O–H groups in total. The Bertz CT molecular complexity index is 1020. The first kappa shape index (κ1) is 32.9. The molecule has 0 fully saturated rings. The van der Waals surface area contributed by atoms with E-state index in [-0.39, 0.29) is 0 Å². The third-order valence-corrected chi connectivity index (χ3v) is 29.8. The molecule has 0 saturated heterocycles. The number of hydrogen-bond acceptors (Lipinski definition) is 4. The lowest BCUT2D eigenvalue weighted by atomic mass is 10.2. The number of ether oxygens (including phenoxy) is 1. The molecule has 0 heterocycles. The van der Waals surface area contributed by atoms with Crippen LogP contribution in [0.3, 0.4) is 0 Å². The topological polar surface area (TPSA) is 141 Å². The Balaban J connectivity index is 4.31. The smallest absolute Gasteiger partial charge is 0.352 e. The van der Waals surface area contributed by atoms with E-state index < -0.39 is 62.8 Å². The van der Waals surface area contributed by atoms with Gasteiger partial charge in [0.25, 0.3) is 4.52 Å². The van der Waals surface area contributed by atoms with Crippen LogP contribution in [0.1, 0.15) is 5.56 Å². The van der Waals surface area contributed by atoms with E-state index in [2.05, 4.69) is 19.6 Å². The zero-order valence-corrected chi connectivity index (χ0v) is 28.9. The lowest BCUT2D eigenvalue weighted by molar-refractivity contribution is -0.149. The van der Waals surface area contributed by atoms with Crippen molar-refractivity contribution in [3.63, 3.8) is 0 Å². The van der Waals surface area contributed by atoms with Crippen LogP contribution in [0, 0.1) is 0 Å². The number of carbonyl (C=O) groups is 1. The molecule has 0 atom stereocenters. The van der Waals surface area contributed by atoms with Crippen molar-refractivity contribution in [1.82, 2.24) is 0 Å². The van der Waals surface area contributed by atoms with Gasteiger partial charge >= 0.3 is 21.2 Å². The van der Waals surface area contributed by atoms with Crippen LogP contribution in [0.5, 0.6) is 0 Å². The SMILES string of the molecule is C[Si](C)(C)c1ccccc1C(OC(=O)C([Si](C)(C)C)(P(=O)(O)O)P(=O)(O)O)([Si](C)(C)C)[Si](C)(C)C. The summed E-state index contributed by atoms with van der Waals surface area (Å²) in [5, 5.41) is 1.06. The van der Waals surface area contributed by atoms with Gasteiger partial charge in [0.2, 0.25) is 0 Å². The molecule has 35 heavy (non-hydrogen) atoms. The van der Waals surface area contributed by atoms with Crippen molar-refractivity contribution in [2.24, 2.45) is 0 Å². The molecule has 0 radical (unpaired) electrons. The third-order valence-electron chi connectivity index (χ3n) is 6.65. The average Bonchev–Trinajstić information content (AvgIpc) is 2.52. The van der Waals surface area contributed by atoms with Crippen LogP contribution in [-0.4, -0.2) is 62.4 Å². The minimum atomic E-state index is -5.67. The van der Waals surface area contributed by atoms with Gasteiger partial charge in [0.15, 0.2) is 0 Å². The monoisotopic (exact) mass is 598 g/mol. The molecule has 0 unspecified atom stereocenters. The largest absolute Gasteiger partial charge is 0.461 e. The molecule has 0 aromatic heterocycles. The number of hydrogen-bond donors (Lipinski definition) is 4. The highest BCUT2D eigenvalue weighted by atomic mass is 31.2. The van der Waals surface area contributed by atoms with Gasteiger partial charge in [-0.3, -0.25) is 13.9 Å². The number of benzene rings is 1. The summed E-state index contributed by atoms with van der Waals surface area (Å²) in [6.07, 6.45) is 0. The van der Waals surface area contributed by atoms with Crippen molar-refractivity contribution < 1.29 is 38.2 Å². The molecular formula is C21H44O8P2Si4. The van der Waals surface area contributed by atoms with Crippen LogP contribution in [0.4, 0.5) is 0 Å². The minimum Gasteiger partial charge on any atom is -0.461 e. The second-order valence-corrected chi connectivity index (χ2v) is 39.3. The first-order chi connectivity index (χ1) is 15.1. The van der Waals surface area contributed by atoms with Gasteiger partial charge in [-0.15, -0.1) is 0 Å². The van der Waals surface area contributed by atoms with Gasteiger partial charge in [-0.05, 0) is 5.56 Å². The summed E-state index contributed by atoms with van der Waals surface area (Å²) in [6, 6.07) is 7.72. The Labute approximate surface area is 214 Å². The predicted molar refractivity (Wildman–Crippen MR) is 154 cm³/mol. The summed E-state index contributed by atoms with van der Waals surface area (Å²) in [7, 11) is -22.1. The van der Waals surface area contributed by atoms with E-state index in [1.165, 1.54) is 19.6 Å². The van der Waals surface area contributed by atoms with E-state index in [0.29, 0.717) is 0 Å². The summed E-state index contributed by atoms with van der Waals surface area (Å²) in [5.41, 5.74) is 0.812. The highest BCUT2D eigenvalue weighted by Gasteiger charge is 2.75. The summed E-state index contributed by atoms with van der Waals surface area (Å²) in [4.78, 5) is 54.6. The van der Waals surface area contributed by atoms with E-state index in [9.17, 15) is 33.5 Å². The maximum atomic E-state index is 14.1.